The lowest BCUT2D eigenvalue weighted by Gasteiger charge is -2.33. The van der Waals surface area contributed by atoms with Gasteiger partial charge < -0.3 is 14.7 Å². The fourth-order valence-electron chi connectivity index (χ4n) is 4.22. The minimum atomic E-state index is 0.0373. The van der Waals surface area contributed by atoms with Crippen molar-refractivity contribution < 1.29 is 4.79 Å². The van der Waals surface area contributed by atoms with E-state index in [1.165, 1.54) is 0 Å². The van der Waals surface area contributed by atoms with Gasteiger partial charge in [-0.25, -0.2) is 9.97 Å². The van der Waals surface area contributed by atoms with Gasteiger partial charge in [0.05, 0.1) is 24.5 Å². The molecule has 1 aliphatic heterocycles. The minimum Gasteiger partial charge on any atom is -0.361 e. The number of pyridine rings is 2. The Morgan fingerprint density at radius 1 is 0.943 bits per heavy atom. The molecule has 1 aliphatic rings. The fourth-order valence-corrected chi connectivity index (χ4v) is 4.22. The van der Waals surface area contributed by atoms with Crippen LogP contribution in [0.4, 0.5) is 11.6 Å². The molecule has 178 valence electrons. The largest absolute Gasteiger partial charge is 0.361 e. The molecule has 4 heterocycles. The highest BCUT2D eigenvalue weighted by molar-refractivity contribution is 5.98. The Hall–Kier alpha value is -3.91. The van der Waals surface area contributed by atoms with E-state index in [-0.39, 0.29) is 12.2 Å². The molecule has 1 fully saturated rings. The quantitative estimate of drug-likeness (QED) is 0.400. The van der Waals surface area contributed by atoms with E-state index in [9.17, 15) is 4.79 Å². The van der Waals surface area contributed by atoms with Gasteiger partial charge in [0.2, 0.25) is 0 Å². The first kappa shape index (κ1) is 22.9. The van der Waals surface area contributed by atoms with Gasteiger partial charge in [-0.1, -0.05) is 12.1 Å². The number of anilines is 2. The molecule has 8 heteroatoms. The lowest BCUT2D eigenvalue weighted by Crippen LogP contribution is -2.44. The molecular formula is C27H29N7O. The summed E-state index contributed by atoms with van der Waals surface area (Å²) in [6.45, 7) is 3.82. The fraction of sp³-hybridized carbons (Fsp3) is 0.296. The van der Waals surface area contributed by atoms with E-state index in [0.717, 1.165) is 65.5 Å². The summed E-state index contributed by atoms with van der Waals surface area (Å²) < 4.78 is 0. The molecule has 0 radical (unpaired) electrons. The molecule has 35 heavy (non-hydrogen) atoms. The standard InChI is InChI=1S/C27H29N7O/c1-32(2)27-18-28-17-24(31-27)19-4-5-21-16-30-23(13-22(21)12-19)15-25(35)20-6-7-29-26(14-20)34-10-8-33(3)9-11-34/h4-7,12-14,16-18H,8-11,15H2,1-3H3. The maximum Gasteiger partial charge on any atom is 0.169 e. The number of Topliss-reactive ketones (excluding diaryl/α,β-unsaturated/α-hetero) is 1. The summed E-state index contributed by atoms with van der Waals surface area (Å²) in [5, 5.41) is 2.04. The second kappa shape index (κ2) is 9.76. The number of nitrogens with zero attached hydrogens (tertiary/aromatic N) is 7. The minimum absolute atomic E-state index is 0.0373. The monoisotopic (exact) mass is 467 g/mol. The summed E-state index contributed by atoms with van der Waals surface area (Å²) >= 11 is 0. The number of fused-ring (bicyclic) bond motifs is 1. The molecule has 0 spiro atoms. The number of aromatic nitrogens is 4. The number of likely N-dealkylation sites (N-methyl/N-ethyl adjacent to an activating group) is 1. The molecule has 0 amide bonds. The highest BCUT2D eigenvalue weighted by Gasteiger charge is 2.17. The number of carbonyl (C=O) groups excluding carboxylic acids is 1. The topological polar surface area (TPSA) is 78.4 Å². The predicted molar refractivity (Wildman–Crippen MR) is 139 cm³/mol. The molecular weight excluding hydrogens is 438 g/mol. The van der Waals surface area contributed by atoms with Gasteiger partial charge in [-0.15, -0.1) is 0 Å². The van der Waals surface area contributed by atoms with E-state index in [0.29, 0.717) is 5.56 Å². The normalized spacial score (nSPS) is 14.3. The van der Waals surface area contributed by atoms with Crippen LogP contribution in [0.1, 0.15) is 16.1 Å². The van der Waals surface area contributed by atoms with Crippen molar-refractivity contribution in [2.45, 2.75) is 6.42 Å². The number of hydrogen-bond donors (Lipinski definition) is 0. The zero-order chi connectivity index (χ0) is 24.4. The van der Waals surface area contributed by atoms with Crippen molar-refractivity contribution in [1.29, 1.82) is 0 Å². The average Bonchev–Trinajstić information content (AvgIpc) is 2.89. The number of piperazine rings is 1. The summed E-state index contributed by atoms with van der Waals surface area (Å²) in [7, 11) is 6.01. The highest BCUT2D eigenvalue weighted by Crippen LogP contribution is 2.25. The Balaban J connectivity index is 1.36. The third-order valence-corrected chi connectivity index (χ3v) is 6.39. The van der Waals surface area contributed by atoms with Crippen LogP contribution < -0.4 is 9.80 Å². The van der Waals surface area contributed by atoms with E-state index in [2.05, 4.69) is 37.9 Å². The molecule has 0 saturated carbocycles. The Morgan fingerprint density at radius 3 is 2.57 bits per heavy atom. The zero-order valence-corrected chi connectivity index (χ0v) is 20.3. The Kier molecular flexibility index (Phi) is 6.37. The summed E-state index contributed by atoms with van der Waals surface area (Å²) in [6.07, 6.45) is 7.30. The van der Waals surface area contributed by atoms with Crippen LogP contribution in [0.3, 0.4) is 0 Å². The molecule has 4 aromatic rings. The van der Waals surface area contributed by atoms with Crippen LogP contribution in [0.15, 0.2) is 61.2 Å². The number of rotatable bonds is 6. The first-order chi connectivity index (χ1) is 17.0. The van der Waals surface area contributed by atoms with Crippen molar-refractivity contribution in [1.82, 2.24) is 24.8 Å². The second-order valence-electron chi connectivity index (χ2n) is 9.19. The van der Waals surface area contributed by atoms with Crippen LogP contribution in [0.2, 0.25) is 0 Å². The number of carbonyl (C=O) groups is 1. The molecule has 0 N–H and O–H groups in total. The third-order valence-electron chi connectivity index (χ3n) is 6.39. The van der Waals surface area contributed by atoms with E-state index in [1.54, 1.807) is 24.7 Å². The van der Waals surface area contributed by atoms with Crippen LogP contribution in [-0.4, -0.2) is 77.9 Å². The molecule has 8 nitrogen and oxygen atoms in total. The summed E-state index contributed by atoms with van der Waals surface area (Å²) in [4.78, 5) is 37.6. The second-order valence-corrected chi connectivity index (χ2v) is 9.19. The maximum atomic E-state index is 13.1. The first-order valence-electron chi connectivity index (χ1n) is 11.8. The molecule has 3 aromatic heterocycles. The molecule has 5 rings (SSSR count). The van der Waals surface area contributed by atoms with Crippen molar-refractivity contribution in [3.63, 3.8) is 0 Å². The van der Waals surface area contributed by atoms with Crippen molar-refractivity contribution in [2.24, 2.45) is 0 Å². The third kappa shape index (κ3) is 5.12. The SMILES string of the molecule is CN1CCN(c2cc(C(=O)Cc3cc4cc(-c5cncc(N(C)C)n5)ccc4cn3)ccn2)CC1. The Labute approximate surface area is 205 Å². The van der Waals surface area contributed by atoms with E-state index in [4.69, 9.17) is 4.98 Å². The van der Waals surface area contributed by atoms with Crippen LogP contribution in [0.25, 0.3) is 22.0 Å². The molecule has 0 unspecified atom stereocenters. The predicted octanol–water partition coefficient (Wildman–Crippen LogP) is 3.33. The van der Waals surface area contributed by atoms with Gasteiger partial charge in [0.25, 0.3) is 0 Å². The first-order valence-corrected chi connectivity index (χ1v) is 11.8. The van der Waals surface area contributed by atoms with Crippen molar-refractivity contribution >= 4 is 28.2 Å². The van der Waals surface area contributed by atoms with Crippen molar-refractivity contribution in [3.8, 4) is 11.3 Å². The Morgan fingerprint density at radius 2 is 1.77 bits per heavy atom. The number of benzene rings is 1. The number of ketones is 1. The molecule has 1 saturated heterocycles. The van der Waals surface area contributed by atoms with Gasteiger partial charge in [0.1, 0.15) is 11.6 Å². The average molecular weight is 468 g/mol. The summed E-state index contributed by atoms with van der Waals surface area (Å²) in [5.74, 6) is 1.70. The van der Waals surface area contributed by atoms with Gasteiger partial charge in [0.15, 0.2) is 5.78 Å². The lowest BCUT2D eigenvalue weighted by atomic mass is 10.0. The van der Waals surface area contributed by atoms with Crippen molar-refractivity contribution in [3.05, 3.63) is 72.4 Å². The molecule has 1 aromatic carbocycles. The zero-order valence-electron chi connectivity index (χ0n) is 20.3. The molecule has 0 aliphatic carbocycles. The summed E-state index contributed by atoms with van der Waals surface area (Å²) in [6, 6.07) is 11.8. The van der Waals surface area contributed by atoms with Gasteiger partial charge in [-0.3, -0.25) is 14.8 Å². The van der Waals surface area contributed by atoms with Crippen LogP contribution in [0, 0.1) is 0 Å². The van der Waals surface area contributed by atoms with E-state index >= 15 is 0 Å². The molecule has 0 bridgehead atoms. The molecule has 0 atom stereocenters. The van der Waals surface area contributed by atoms with Gasteiger partial charge in [0, 0.05) is 74.9 Å². The Bertz CT molecular complexity index is 1360. The van der Waals surface area contributed by atoms with Gasteiger partial charge in [-0.05, 0) is 36.7 Å². The van der Waals surface area contributed by atoms with Gasteiger partial charge in [-0.2, -0.15) is 0 Å². The summed E-state index contributed by atoms with van der Waals surface area (Å²) in [5.41, 5.74) is 3.19. The lowest BCUT2D eigenvalue weighted by molar-refractivity contribution is 0.0992. The maximum absolute atomic E-state index is 13.1. The van der Waals surface area contributed by atoms with Crippen LogP contribution >= 0.6 is 0 Å². The van der Waals surface area contributed by atoms with Crippen LogP contribution in [-0.2, 0) is 6.42 Å². The van der Waals surface area contributed by atoms with Crippen molar-refractivity contribution in [2.75, 3.05) is 57.1 Å². The highest BCUT2D eigenvalue weighted by atomic mass is 16.1. The van der Waals surface area contributed by atoms with Gasteiger partial charge >= 0.3 is 0 Å². The smallest absolute Gasteiger partial charge is 0.169 e. The number of hydrogen-bond acceptors (Lipinski definition) is 8. The van der Waals surface area contributed by atoms with E-state index in [1.807, 2.05) is 49.5 Å². The van der Waals surface area contributed by atoms with E-state index < -0.39 is 0 Å². The van der Waals surface area contributed by atoms with Crippen LogP contribution in [0.5, 0.6) is 0 Å².